The summed E-state index contributed by atoms with van der Waals surface area (Å²) in [5, 5.41) is 9.45. The Labute approximate surface area is 134 Å². The van der Waals surface area contributed by atoms with Gasteiger partial charge in [-0.1, -0.05) is 17.7 Å². The maximum Gasteiger partial charge on any atom is 0.305 e. The van der Waals surface area contributed by atoms with Crippen molar-refractivity contribution in [3.8, 4) is 0 Å². The van der Waals surface area contributed by atoms with Crippen LogP contribution in [0.1, 0.15) is 35.2 Å². The molecule has 2 rings (SSSR count). The molecule has 5 nitrogen and oxygen atoms in total. The molecule has 0 aromatic heterocycles. The highest BCUT2D eigenvalue weighted by Crippen LogP contribution is 2.21. The van der Waals surface area contributed by atoms with Crippen LogP contribution in [0.4, 0.5) is 0 Å². The highest BCUT2D eigenvalue weighted by Gasteiger charge is 2.27. The van der Waals surface area contributed by atoms with Crippen molar-refractivity contribution in [2.45, 2.75) is 32.2 Å². The molecule has 1 saturated heterocycles. The van der Waals surface area contributed by atoms with E-state index in [1.165, 1.54) is 0 Å². The van der Waals surface area contributed by atoms with E-state index in [0.29, 0.717) is 23.8 Å². The van der Waals surface area contributed by atoms with Gasteiger partial charge in [0.2, 0.25) is 0 Å². The monoisotopic (exact) mass is 325 g/mol. The maximum atomic E-state index is 12.8. The summed E-state index contributed by atoms with van der Waals surface area (Å²) in [6.45, 7) is 3.26. The molecule has 0 radical (unpaired) electrons. The molecule has 1 aromatic rings. The molecule has 1 aliphatic heterocycles. The number of halogens is 1. The van der Waals surface area contributed by atoms with Crippen LogP contribution in [0, 0.1) is 6.92 Å². The number of aliphatic carboxylic acids is 1. The zero-order chi connectivity index (χ0) is 16.1. The lowest BCUT2D eigenvalue weighted by Gasteiger charge is -2.34. The molecule has 1 fully saturated rings. The van der Waals surface area contributed by atoms with Gasteiger partial charge < -0.3 is 14.7 Å². The van der Waals surface area contributed by atoms with Crippen molar-refractivity contribution in [2.75, 3.05) is 19.8 Å². The van der Waals surface area contributed by atoms with E-state index < -0.39 is 5.97 Å². The zero-order valence-corrected chi connectivity index (χ0v) is 13.3. The molecule has 0 bridgehead atoms. The summed E-state index contributed by atoms with van der Waals surface area (Å²) in [5.41, 5.74) is 1.40. The predicted octanol–water partition coefficient (Wildman–Crippen LogP) is 2.74. The maximum absolute atomic E-state index is 12.8. The minimum atomic E-state index is -0.910. The molecule has 0 unspecified atom stereocenters. The van der Waals surface area contributed by atoms with Gasteiger partial charge in [-0.05, 0) is 37.5 Å². The molecule has 6 heteroatoms. The van der Waals surface area contributed by atoms with Crippen molar-refractivity contribution >= 4 is 23.5 Å². The molecule has 0 atom stereocenters. The number of rotatable bonds is 5. The molecule has 1 aliphatic rings. The number of nitrogens with zero attached hydrogens (tertiary/aromatic N) is 1. The van der Waals surface area contributed by atoms with Crippen LogP contribution in [-0.4, -0.2) is 47.7 Å². The molecule has 22 heavy (non-hydrogen) atoms. The molecule has 0 saturated carbocycles. The predicted molar refractivity (Wildman–Crippen MR) is 83.3 cm³/mol. The third-order valence-electron chi connectivity index (χ3n) is 3.88. The highest BCUT2D eigenvalue weighted by atomic mass is 35.5. The van der Waals surface area contributed by atoms with Crippen LogP contribution in [0.5, 0.6) is 0 Å². The summed E-state index contributed by atoms with van der Waals surface area (Å²) < 4.78 is 5.32. The van der Waals surface area contributed by atoms with Crippen LogP contribution in [0.3, 0.4) is 0 Å². The first kappa shape index (κ1) is 16.8. The number of carbonyl (C=O) groups is 2. The topological polar surface area (TPSA) is 66.8 Å². The number of ether oxygens (including phenoxy) is 1. The fourth-order valence-corrected chi connectivity index (χ4v) is 2.74. The Morgan fingerprint density at radius 2 is 2.05 bits per heavy atom. The van der Waals surface area contributed by atoms with Gasteiger partial charge in [0.15, 0.2) is 0 Å². The summed E-state index contributed by atoms with van der Waals surface area (Å²) in [6, 6.07) is 5.19. The molecule has 0 spiro atoms. The van der Waals surface area contributed by atoms with Crippen molar-refractivity contribution in [2.24, 2.45) is 0 Å². The first-order valence-electron chi connectivity index (χ1n) is 7.35. The average molecular weight is 326 g/mol. The standard InChI is InChI=1S/C16H20ClNO4/c1-11-2-3-12(10-14(11)17)16(21)18(7-4-15(19)20)13-5-8-22-9-6-13/h2-3,10,13H,4-9H2,1H3,(H,19,20). The third kappa shape index (κ3) is 4.21. The second-order valence-electron chi connectivity index (χ2n) is 5.45. The summed E-state index contributed by atoms with van der Waals surface area (Å²) in [4.78, 5) is 25.3. The van der Waals surface area contributed by atoms with Crippen LogP contribution < -0.4 is 0 Å². The quantitative estimate of drug-likeness (QED) is 0.904. The van der Waals surface area contributed by atoms with Crippen molar-refractivity contribution in [1.82, 2.24) is 4.90 Å². The van der Waals surface area contributed by atoms with E-state index in [0.717, 1.165) is 18.4 Å². The van der Waals surface area contributed by atoms with Crippen LogP contribution in [0.2, 0.25) is 5.02 Å². The third-order valence-corrected chi connectivity index (χ3v) is 4.29. The lowest BCUT2D eigenvalue weighted by molar-refractivity contribution is -0.137. The van der Waals surface area contributed by atoms with Gasteiger partial charge in [-0.2, -0.15) is 0 Å². The largest absolute Gasteiger partial charge is 0.481 e. The Kier molecular flexibility index (Phi) is 5.80. The Morgan fingerprint density at radius 1 is 1.36 bits per heavy atom. The minimum absolute atomic E-state index is 0.0145. The number of carboxylic acids is 1. The molecule has 120 valence electrons. The fraction of sp³-hybridized carbons (Fsp3) is 0.500. The summed E-state index contributed by atoms with van der Waals surface area (Å²) in [7, 11) is 0. The SMILES string of the molecule is Cc1ccc(C(=O)N(CCC(=O)O)C2CCOCC2)cc1Cl. The Bertz CT molecular complexity index is 555. The molecular formula is C16H20ClNO4. The number of carboxylic acid groups (broad SMARTS) is 1. The van der Waals surface area contributed by atoms with E-state index in [9.17, 15) is 9.59 Å². The fourth-order valence-electron chi connectivity index (χ4n) is 2.55. The van der Waals surface area contributed by atoms with E-state index in [4.69, 9.17) is 21.4 Å². The van der Waals surface area contributed by atoms with Crippen molar-refractivity contribution < 1.29 is 19.4 Å². The Hall–Kier alpha value is -1.59. The van der Waals surface area contributed by atoms with Gasteiger partial charge in [0.25, 0.3) is 5.91 Å². The summed E-state index contributed by atoms with van der Waals surface area (Å²) in [6.07, 6.45) is 1.39. The molecular weight excluding hydrogens is 306 g/mol. The Morgan fingerprint density at radius 3 is 2.64 bits per heavy atom. The van der Waals surface area contributed by atoms with E-state index in [1.807, 2.05) is 6.92 Å². The van der Waals surface area contributed by atoms with Gasteiger partial charge in [0.05, 0.1) is 6.42 Å². The van der Waals surface area contributed by atoms with Gasteiger partial charge in [-0.3, -0.25) is 9.59 Å². The first-order chi connectivity index (χ1) is 10.5. The van der Waals surface area contributed by atoms with E-state index in [-0.39, 0.29) is 24.9 Å². The molecule has 1 N–H and O–H groups in total. The number of hydrogen-bond donors (Lipinski definition) is 1. The van der Waals surface area contributed by atoms with Gasteiger partial charge in [-0.25, -0.2) is 0 Å². The van der Waals surface area contributed by atoms with E-state index >= 15 is 0 Å². The van der Waals surface area contributed by atoms with Crippen LogP contribution in [-0.2, 0) is 9.53 Å². The summed E-state index contributed by atoms with van der Waals surface area (Å²) >= 11 is 6.09. The first-order valence-corrected chi connectivity index (χ1v) is 7.73. The van der Waals surface area contributed by atoms with E-state index in [1.54, 1.807) is 23.1 Å². The second-order valence-corrected chi connectivity index (χ2v) is 5.86. The lowest BCUT2D eigenvalue weighted by Crippen LogP contribution is -2.44. The zero-order valence-electron chi connectivity index (χ0n) is 12.5. The van der Waals surface area contributed by atoms with Crippen molar-refractivity contribution in [3.63, 3.8) is 0 Å². The lowest BCUT2D eigenvalue weighted by atomic mass is 10.0. The number of aryl methyl sites for hydroxylation is 1. The van der Waals surface area contributed by atoms with Crippen LogP contribution >= 0.6 is 11.6 Å². The number of hydrogen-bond acceptors (Lipinski definition) is 3. The van der Waals surface area contributed by atoms with Gasteiger partial charge in [0, 0.05) is 36.4 Å². The molecule has 1 heterocycles. The highest BCUT2D eigenvalue weighted by molar-refractivity contribution is 6.31. The molecule has 0 aliphatic carbocycles. The normalized spacial score (nSPS) is 15.5. The molecule has 1 aromatic carbocycles. The van der Waals surface area contributed by atoms with Crippen molar-refractivity contribution in [3.05, 3.63) is 34.3 Å². The second kappa shape index (κ2) is 7.61. The smallest absolute Gasteiger partial charge is 0.305 e. The Balaban J connectivity index is 2.19. The van der Waals surface area contributed by atoms with Crippen LogP contribution in [0.25, 0.3) is 0 Å². The van der Waals surface area contributed by atoms with Gasteiger partial charge in [0.1, 0.15) is 0 Å². The number of carbonyl (C=O) groups excluding carboxylic acids is 1. The van der Waals surface area contributed by atoms with Crippen LogP contribution in [0.15, 0.2) is 18.2 Å². The summed E-state index contributed by atoms with van der Waals surface area (Å²) in [5.74, 6) is -1.08. The van der Waals surface area contributed by atoms with E-state index in [2.05, 4.69) is 0 Å². The molecule has 1 amide bonds. The number of amides is 1. The van der Waals surface area contributed by atoms with Crippen molar-refractivity contribution in [1.29, 1.82) is 0 Å². The number of benzene rings is 1. The van der Waals surface area contributed by atoms with Gasteiger partial charge >= 0.3 is 5.97 Å². The van der Waals surface area contributed by atoms with Gasteiger partial charge in [-0.15, -0.1) is 0 Å². The minimum Gasteiger partial charge on any atom is -0.481 e. The average Bonchev–Trinajstić information content (AvgIpc) is 2.51.